The zero-order chi connectivity index (χ0) is 26.3. The summed E-state index contributed by atoms with van der Waals surface area (Å²) >= 11 is 0. The molecule has 1 aliphatic heterocycles. The lowest BCUT2D eigenvalue weighted by atomic mass is 9.90. The number of carboxylic acids is 1. The molecule has 0 spiro atoms. The Morgan fingerprint density at radius 3 is 2.44 bits per heavy atom. The summed E-state index contributed by atoms with van der Waals surface area (Å²) in [6, 6.07) is 28.3. The molecule has 1 aromatic heterocycles. The van der Waals surface area contributed by atoms with Crippen molar-refractivity contribution in [3.8, 4) is 17.2 Å². The second-order valence-corrected chi connectivity index (χ2v) is 10.1. The van der Waals surface area contributed by atoms with Crippen LogP contribution in [0.25, 0.3) is 11.5 Å². The number of hydrogen-bond acceptors (Lipinski definition) is 5. The van der Waals surface area contributed by atoms with E-state index in [-0.39, 0.29) is 19.3 Å². The third kappa shape index (κ3) is 7.36. The zero-order valence-corrected chi connectivity index (χ0v) is 21.8. The first-order chi connectivity index (χ1) is 18.5. The lowest BCUT2D eigenvalue weighted by molar-refractivity contribution is -0.142. The third-order valence-corrected chi connectivity index (χ3v) is 7.31. The molecule has 1 saturated heterocycles. The summed E-state index contributed by atoms with van der Waals surface area (Å²) in [4.78, 5) is 18.9. The standard InChI is InChI=1S/C32H34N2O4.CH4/c1-23-30(33-31(38-23)26-12-6-3-7-13-26)17-18-37-28-14-8-11-24(19-28)15-16-27-21-34(22-29(27)32(35)36)20-25-9-4-2-5-10-25;/h2-14,19,27,29H,15-18,20-22H2,1H3,(H,35,36);1H4/t27-,29+;/m1./s1. The Kier molecular flexibility index (Phi) is 9.55. The maximum Gasteiger partial charge on any atom is 0.308 e. The molecular formula is C33H38N2O4. The van der Waals surface area contributed by atoms with E-state index < -0.39 is 5.97 Å². The number of aromatic nitrogens is 1. The Morgan fingerprint density at radius 2 is 1.69 bits per heavy atom. The van der Waals surface area contributed by atoms with Crippen molar-refractivity contribution in [3.05, 3.63) is 108 Å². The number of rotatable bonds is 11. The average molecular weight is 527 g/mol. The molecule has 6 heteroatoms. The molecule has 2 heterocycles. The van der Waals surface area contributed by atoms with Crippen molar-refractivity contribution in [1.29, 1.82) is 0 Å². The highest BCUT2D eigenvalue weighted by atomic mass is 16.5. The van der Waals surface area contributed by atoms with E-state index in [1.54, 1.807) is 0 Å². The summed E-state index contributed by atoms with van der Waals surface area (Å²) in [7, 11) is 0. The first kappa shape index (κ1) is 28.1. The number of carbonyl (C=O) groups is 1. The monoisotopic (exact) mass is 526 g/mol. The van der Waals surface area contributed by atoms with Crippen LogP contribution in [0.1, 0.15) is 36.4 Å². The Hall–Kier alpha value is -3.90. The van der Waals surface area contributed by atoms with E-state index >= 15 is 0 Å². The van der Waals surface area contributed by atoms with E-state index in [2.05, 4.69) is 34.1 Å². The fraction of sp³-hybridized carbons (Fsp3) is 0.333. The van der Waals surface area contributed by atoms with Crippen LogP contribution in [0.15, 0.2) is 89.3 Å². The van der Waals surface area contributed by atoms with Gasteiger partial charge in [0.25, 0.3) is 0 Å². The Morgan fingerprint density at radius 1 is 0.974 bits per heavy atom. The number of carboxylic acid groups (broad SMARTS) is 1. The number of benzene rings is 3. The van der Waals surface area contributed by atoms with Crippen LogP contribution < -0.4 is 4.74 Å². The number of nitrogens with zero attached hydrogens (tertiary/aromatic N) is 2. The lowest BCUT2D eigenvalue weighted by Crippen LogP contribution is -2.23. The van der Waals surface area contributed by atoms with Crippen LogP contribution in [0.5, 0.6) is 5.75 Å². The number of likely N-dealkylation sites (tertiary alicyclic amines) is 1. The van der Waals surface area contributed by atoms with E-state index in [0.29, 0.717) is 25.5 Å². The molecule has 4 aromatic rings. The van der Waals surface area contributed by atoms with Gasteiger partial charge < -0.3 is 14.3 Å². The van der Waals surface area contributed by atoms with Crippen LogP contribution in [-0.4, -0.2) is 40.7 Å². The van der Waals surface area contributed by atoms with Crippen molar-refractivity contribution in [2.75, 3.05) is 19.7 Å². The quantitative estimate of drug-likeness (QED) is 0.235. The Bertz CT molecular complexity index is 1340. The highest BCUT2D eigenvalue weighted by Gasteiger charge is 2.37. The van der Waals surface area contributed by atoms with Crippen LogP contribution in [0, 0.1) is 18.8 Å². The van der Waals surface area contributed by atoms with Crippen LogP contribution in [0.3, 0.4) is 0 Å². The van der Waals surface area contributed by atoms with Gasteiger partial charge in [-0.15, -0.1) is 0 Å². The predicted octanol–water partition coefficient (Wildman–Crippen LogP) is 6.67. The summed E-state index contributed by atoms with van der Waals surface area (Å²) in [5.74, 6) is 1.38. The molecule has 204 valence electrons. The van der Waals surface area contributed by atoms with Gasteiger partial charge in [-0.3, -0.25) is 9.69 Å². The summed E-state index contributed by atoms with van der Waals surface area (Å²) in [5.41, 5.74) is 4.25. The van der Waals surface area contributed by atoms with Gasteiger partial charge in [0.2, 0.25) is 5.89 Å². The minimum Gasteiger partial charge on any atom is -0.493 e. The molecule has 1 aliphatic rings. The summed E-state index contributed by atoms with van der Waals surface area (Å²) in [6.07, 6.45) is 2.33. The van der Waals surface area contributed by atoms with Crippen molar-refractivity contribution in [3.63, 3.8) is 0 Å². The molecule has 0 bridgehead atoms. The predicted molar refractivity (Wildman–Crippen MR) is 154 cm³/mol. The minimum absolute atomic E-state index is 0. The third-order valence-electron chi connectivity index (χ3n) is 7.31. The lowest BCUT2D eigenvalue weighted by Gasteiger charge is -2.16. The molecule has 3 aromatic carbocycles. The maximum atomic E-state index is 12.0. The van der Waals surface area contributed by atoms with E-state index in [0.717, 1.165) is 54.3 Å². The van der Waals surface area contributed by atoms with Crippen molar-refractivity contribution < 1.29 is 19.1 Å². The molecule has 2 atom stereocenters. The van der Waals surface area contributed by atoms with Gasteiger partial charge in [0, 0.05) is 31.6 Å². The van der Waals surface area contributed by atoms with Gasteiger partial charge in [0.05, 0.1) is 18.2 Å². The van der Waals surface area contributed by atoms with Gasteiger partial charge in [-0.25, -0.2) is 4.98 Å². The minimum atomic E-state index is -0.693. The van der Waals surface area contributed by atoms with Crippen molar-refractivity contribution in [2.45, 2.75) is 40.2 Å². The van der Waals surface area contributed by atoms with Crippen molar-refractivity contribution >= 4 is 5.97 Å². The topological polar surface area (TPSA) is 75.8 Å². The molecule has 1 fully saturated rings. The van der Waals surface area contributed by atoms with E-state index in [1.807, 2.05) is 67.6 Å². The van der Waals surface area contributed by atoms with Crippen LogP contribution >= 0.6 is 0 Å². The maximum absolute atomic E-state index is 12.0. The number of aliphatic carboxylic acids is 1. The molecule has 5 rings (SSSR count). The second kappa shape index (κ2) is 13.3. The molecule has 0 unspecified atom stereocenters. The van der Waals surface area contributed by atoms with Crippen LogP contribution in [0.2, 0.25) is 0 Å². The van der Waals surface area contributed by atoms with Crippen LogP contribution in [0.4, 0.5) is 0 Å². The molecule has 0 saturated carbocycles. The van der Waals surface area contributed by atoms with Gasteiger partial charge in [-0.1, -0.05) is 68.1 Å². The highest BCUT2D eigenvalue weighted by Crippen LogP contribution is 2.30. The molecule has 0 aliphatic carbocycles. The van der Waals surface area contributed by atoms with Crippen molar-refractivity contribution in [1.82, 2.24) is 9.88 Å². The van der Waals surface area contributed by atoms with Gasteiger partial charge >= 0.3 is 5.97 Å². The Labute approximate surface area is 231 Å². The fourth-order valence-electron chi connectivity index (χ4n) is 5.28. The summed E-state index contributed by atoms with van der Waals surface area (Å²) < 4.78 is 11.9. The first-order valence-electron chi connectivity index (χ1n) is 13.3. The van der Waals surface area contributed by atoms with E-state index in [9.17, 15) is 9.90 Å². The largest absolute Gasteiger partial charge is 0.493 e. The second-order valence-electron chi connectivity index (χ2n) is 10.1. The normalized spacial score (nSPS) is 17.1. The molecular weight excluding hydrogens is 488 g/mol. The molecule has 0 radical (unpaired) electrons. The van der Waals surface area contributed by atoms with Gasteiger partial charge in [0.15, 0.2) is 0 Å². The summed E-state index contributed by atoms with van der Waals surface area (Å²) in [6.45, 7) is 4.64. The number of oxazole rings is 1. The van der Waals surface area contributed by atoms with E-state index in [4.69, 9.17) is 9.15 Å². The molecule has 6 nitrogen and oxygen atoms in total. The average Bonchev–Trinajstić information content (AvgIpc) is 3.52. The number of hydrogen-bond donors (Lipinski definition) is 1. The first-order valence-corrected chi connectivity index (χ1v) is 13.3. The van der Waals surface area contributed by atoms with Crippen molar-refractivity contribution in [2.24, 2.45) is 11.8 Å². The molecule has 39 heavy (non-hydrogen) atoms. The van der Waals surface area contributed by atoms with Gasteiger partial charge in [0.1, 0.15) is 11.5 Å². The van der Waals surface area contributed by atoms with Crippen LogP contribution in [-0.2, 0) is 24.2 Å². The SMILES string of the molecule is C.Cc1oc(-c2ccccc2)nc1CCOc1cccc(CC[C@@H]2CN(Cc3ccccc3)C[C@@H]2C(=O)O)c1. The molecule has 0 amide bonds. The van der Waals surface area contributed by atoms with Gasteiger partial charge in [-0.05, 0) is 61.1 Å². The Balaban J connectivity index is 0.00000353. The number of ether oxygens (including phenoxy) is 1. The highest BCUT2D eigenvalue weighted by molar-refractivity contribution is 5.71. The fourth-order valence-corrected chi connectivity index (χ4v) is 5.28. The van der Waals surface area contributed by atoms with E-state index in [1.165, 1.54) is 5.56 Å². The zero-order valence-electron chi connectivity index (χ0n) is 21.8. The van der Waals surface area contributed by atoms with Gasteiger partial charge in [-0.2, -0.15) is 0 Å². The summed E-state index contributed by atoms with van der Waals surface area (Å²) in [5, 5.41) is 9.83. The molecule has 1 N–H and O–H groups in total. The number of aryl methyl sites for hydroxylation is 2. The smallest absolute Gasteiger partial charge is 0.308 e.